The molecule has 4 nitrogen and oxygen atoms in total. The van der Waals surface area contributed by atoms with Gasteiger partial charge in [0.25, 0.3) is 5.91 Å². The molecule has 0 aliphatic rings. The van der Waals surface area contributed by atoms with E-state index in [4.69, 9.17) is 9.15 Å². The molecule has 7 heteroatoms. The molecule has 30 heavy (non-hydrogen) atoms. The number of ether oxygens (including phenoxy) is 1. The third-order valence-corrected chi connectivity index (χ3v) is 4.49. The van der Waals surface area contributed by atoms with Crippen molar-refractivity contribution in [3.8, 4) is 5.75 Å². The number of rotatable bonds is 5. The first kappa shape index (κ1) is 19.6. The van der Waals surface area contributed by atoms with Crippen LogP contribution in [0.25, 0.3) is 10.8 Å². The van der Waals surface area contributed by atoms with E-state index in [1.54, 1.807) is 6.07 Å². The van der Waals surface area contributed by atoms with E-state index < -0.39 is 17.6 Å². The number of carbonyl (C=O) groups is 1. The van der Waals surface area contributed by atoms with Crippen LogP contribution < -0.4 is 10.1 Å². The number of fused-ring (bicyclic) bond motifs is 1. The van der Waals surface area contributed by atoms with Crippen LogP contribution in [0.15, 0.2) is 83.3 Å². The quantitative estimate of drug-likeness (QED) is 0.420. The molecule has 152 valence electrons. The highest BCUT2D eigenvalue weighted by Crippen LogP contribution is 2.34. The highest BCUT2D eigenvalue weighted by Gasteiger charge is 2.33. The first-order valence-electron chi connectivity index (χ1n) is 9.09. The Kier molecular flexibility index (Phi) is 5.18. The Hall–Kier alpha value is -3.74. The zero-order valence-electron chi connectivity index (χ0n) is 15.6. The molecule has 1 N–H and O–H groups in total. The summed E-state index contributed by atoms with van der Waals surface area (Å²) < 4.78 is 50.5. The van der Waals surface area contributed by atoms with Crippen LogP contribution in [0.5, 0.6) is 5.75 Å². The van der Waals surface area contributed by atoms with E-state index in [9.17, 15) is 18.0 Å². The maximum absolute atomic E-state index is 13.1. The zero-order chi connectivity index (χ0) is 21.1. The number of benzene rings is 3. The standard InChI is InChI=1S/C23H16F3NO3/c24-23(25,26)18-9-3-4-10-19(18)27-22(28)21-13-12-16(30-21)14-29-20-11-5-7-15-6-1-2-8-17(15)20/h1-13H,14H2,(H,27,28). The van der Waals surface area contributed by atoms with Gasteiger partial charge in [0.1, 0.15) is 18.1 Å². The van der Waals surface area contributed by atoms with Gasteiger partial charge < -0.3 is 14.5 Å². The van der Waals surface area contributed by atoms with Gasteiger partial charge in [0, 0.05) is 5.39 Å². The molecular formula is C23H16F3NO3. The van der Waals surface area contributed by atoms with E-state index in [2.05, 4.69) is 5.32 Å². The monoisotopic (exact) mass is 411 g/mol. The predicted molar refractivity (Wildman–Crippen MR) is 106 cm³/mol. The summed E-state index contributed by atoms with van der Waals surface area (Å²) in [5.41, 5.74) is -1.26. The summed E-state index contributed by atoms with van der Waals surface area (Å²) in [6, 6.07) is 21.1. The van der Waals surface area contributed by atoms with Gasteiger partial charge in [-0.1, -0.05) is 48.5 Å². The van der Waals surface area contributed by atoms with Gasteiger partial charge in [0.2, 0.25) is 0 Å². The number of para-hydroxylation sites is 1. The summed E-state index contributed by atoms with van der Waals surface area (Å²) in [4.78, 5) is 12.3. The molecular weight excluding hydrogens is 395 g/mol. The average molecular weight is 411 g/mol. The van der Waals surface area contributed by atoms with E-state index in [0.29, 0.717) is 11.5 Å². The van der Waals surface area contributed by atoms with E-state index in [1.807, 2.05) is 42.5 Å². The van der Waals surface area contributed by atoms with Crippen molar-refractivity contribution in [1.82, 2.24) is 0 Å². The molecule has 0 aliphatic carbocycles. The topological polar surface area (TPSA) is 51.5 Å². The molecule has 0 saturated heterocycles. The lowest BCUT2D eigenvalue weighted by Crippen LogP contribution is -2.16. The largest absolute Gasteiger partial charge is 0.485 e. The number of amides is 1. The first-order valence-corrected chi connectivity index (χ1v) is 9.09. The minimum Gasteiger partial charge on any atom is -0.485 e. The number of carbonyl (C=O) groups excluding carboxylic acids is 1. The fourth-order valence-electron chi connectivity index (χ4n) is 3.07. The Bertz CT molecular complexity index is 1190. The first-order chi connectivity index (χ1) is 14.4. The van der Waals surface area contributed by atoms with Crippen molar-refractivity contribution >= 4 is 22.4 Å². The summed E-state index contributed by atoms with van der Waals surface area (Å²) in [5, 5.41) is 4.22. The van der Waals surface area contributed by atoms with Gasteiger partial charge >= 0.3 is 6.18 Å². The van der Waals surface area contributed by atoms with Crippen molar-refractivity contribution in [1.29, 1.82) is 0 Å². The molecule has 1 heterocycles. The molecule has 0 saturated carbocycles. The van der Waals surface area contributed by atoms with Gasteiger partial charge in [-0.25, -0.2) is 0 Å². The fraction of sp³-hybridized carbons (Fsp3) is 0.0870. The van der Waals surface area contributed by atoms with Crippen LogP contribution in [0.1, 0.15) is 21.9 Å². The van der Waals surface area contributed by atoms with Crippen LogP contribution >= 0.6 is 0 Å². The lowest BCUT2D eigenvalue weighted by Gasteiger charge is -2.12. The molecule has 0 fully saturated rings. The van der Waals surface area contributed by atoms with E-state index in [-0.39, 0.29) is 18.1 Å². The Morgan fingerprint density at radius 3 is 2.47 bits per heavy atom. The maximum atomic E-state index is 13.1. The molecule has 4 aromatic rings. The Morgan fingerprint density at radius 1 is 0.900 bits per heavy atom. The number of anilines is 1. The number of nitrogens with one attached hydrogen (secondary N) is 1. The smallest absolute Gasteiger partial charge is 0.418 e. The summed E-state index contributed by atoms with van der Waals surface area (Å²) >= 11 is 0. The van der Waals surface area contributed by atoms with Crippen LogP contribution in [-0.4, -0.2) is 5.91 Å². The van der Waals surface area contributed by atoms with Gasteiger partial charge in [-0.3, -0.25) is 4.79 Å². The molecule has 0 spiro atoms. The Labute approximate surface area is 169 Å². The van der Waals surface area contributed by atoms with Crippen molar-refractivity contribution in [2.45, 2.75) is 12.8 Å². The second-order valence-electron chi connectivity index (χ2n) is 6.53. The van der Waals surface area contributed by atoms with Crippen LogP contribution in [0.4, 0.5) is 18.9 Å². The van der Waals surface area contributed by atoms with Crippen molar-refractivity contribution in [2.75, 3.05) is 5.32 Å². The third-order valence-electron chi connectivity index (χ3n) is 4.49. The predicted octanol–water partition coefficient (Wildman–Crippen LogP) is 6.28. The molecule has 4 rings (SSSR count). The van der Waals surface area contributed by atoms with E-state index >= 15 is 0 Å². The lowest BCUT2D eigenvalue weighted by atomic mass is 10.1. The molecule has 1 aromatic heterocycles. The molecule has 0 atom stereocenters. The fourth-order valence-corrected chi connectivity index (χ4v) is 3.07. The van der Waals surface area contributed by atoms with Crippen LogP contribution in [-0.2, 0) is 12.8 Å². The Balaban J connectivity index is 1.46. The second-order valence-corrected chi connectivity index (χ2v) is 6.53. The number of halogens is 3. The molecule has 0 bridgehead atoms. The Morgan fingerprint density at radius 2 is 1.63 bits per heavy atom. The number of furan rings is 1. The normalized spacial score (nSPS) is 11.4. The zero-order valence-corrected chi connectivity index (χ0v) is 15.6. The van der Waals surface area contributed by atoms with Crippen LogP contribution in [0.3, 0.4) is 0 Å². The summed E-state index contributed by atoms with van der Waals surface area (Å²) in [5.74, 6) is 0.151. The number of alkyl halides is 3. The summed E-state index contributed by atoms with van der Waals surface area (Å²) in [6.45, 7) is 0.0699. The minimum atomic E-state index is -4.58. The molecule has 3 aromatic carbocycles. The van der Waals surface area contributed by atoms with Crippen LogP contribution in [0.2, 0.25) is 0 Å². The highest BCUT2D eigenvalue weighted by atomic mass is 19.4. The van der Waals surface area contributed by atoms with Crippen LogP contribution in [0, 0.1) is 0 Å². The van der Waals surface area contributed by atoms with Gasteiger partial charge in [-0.2, -0.15) is 13.2 Å². The number of hydrogen-bond acceptors (Lipinski definition) is 3. The van der Waals surface area contributed by atoms with Crippen molar-refractivity contribution < 1.29 is 27.1 Å². The lowest BCUT2D eigenvalue weighted by molar-refractivity contribution is -0.136. The molecule has 0 unspecified atom stereocenters. The van der Waals surface area contributed by atoms with Crippen molar-refractivity contribution in [3.63, 3.8) is 0 Å². The number of hydrogen-bond donors (Lipinski definition) is 1. The minimum absolute atomic E-state index is 0.0699. The summed E-state index contributed by atoms with van der Waals surface area (Å²) in [6.07, 6.45) is -4.58. The van der Waals surface area contributed by atoms with Crippen molar-refractivity contribution in [2.24, 2.45) is 0 Å². The molecule has 0 radical (unpaired) electrons. The van der Waals surface area contributed by atoms with E-state index in [1.165, 1.54) is 24.3 Å². The summed E-state index contributed by atoms with van der Waals surface area (Å²) in [7, 11) is 0. The van der Waals surface area contributed by atoms with Crippen molar-refractivity contribution in [3.05, 3.63) is 95.9 Å². The average Bonchev–Trinajstić information content (AvgIpc) is 3.21. The van der Waals surface area contributed by atoms with Gasteiger partial charge in [0.15, 0.2) is 5.76 Å². The molecule has 1 amide bonds. The SMILES string of the molecule is O=C(Nc1ccccc1C(F)(F)F)c1ccc(COc2cccc3ccccc23)o1. The van der Waals surface area contributed by atoms with Gasteiger partial charge in [0.05, 0.1) is 11.3 Å². The van der Waals surface area contributed by atoms with Gasteiger partial charge in [-0.05, 0) is 35.7 Å². The molecule has 0 aliphatic heterocycles. The van der Waals surface area contributed by atoms with Gasteiger partial charge in [-0.15, -0.1) is 0 Å². The maximum Gasteiger partial charge on any atom is 0.418 e. The third kappa shape index (κ3) is 4.15. The highest BCUT2D eigenvalue weighted by molar-refractivity contribution is 6.02. The second kappa shape index (κ2) is 7.94. The van der Waals surface area contributed by atoms with E-state index in [0.717, 1.165) is 16.8 Å².